The van der Waals surface area contributed by atoms with Gasteiger partial charge >= 0.3 is 0 Å². The van der Waals surface area contributed by atoms with Crippen molar-refractivity contribution in [2.45, 2.75) is 26.0 Å². The molecule has 0 aliphatic rings. The number of rotatable bonds is 6. The highest BCUT2D eigenvalue weighted by molar-refractivity contribution is 5.78. The first kappa shape index (κ1) is 17.0. The molecule has 0 saturated heterocycles. The lowest BCUT2D eigenvalue weighted by atomic mass is 10.2. The number of para-hydroxylation sites is 2. The zero-order valence-electron chi connectivity index (χ0n) is 13.6. The van der Waals surface area contributed by atoms with E-state index in [4.69, 9.17) is 0 Å². The van der Waals surface area contributed by atoms with Crippen molar-refractivity contribution in [3.63, 3.8) is 0 Å². The van der Waals surface area contributed by atoms with E-state index in [1.54, 1.807) is 30.5 Å². The molecule has 7 heteroatoms. The van der Waals surface area contributed by atoms with E-state index in [-0.39, 0.29) is 31.0 Å². The molecule has 1 unspecified atom stereocenters. The van der Waals surface area contributed by atoms with Crippen LogP contribution in [-0.2, 0) is 11.3 Å². The largest absolute Gasteiger partial charge is 0.392 e. The Balaban J connectivity index is 2.30. The number of aliphatic hydroxyl groups is 1. The minimum absolute atomic E-state index is 0.160. The van der Waals surface area contributed by atoms with Gasteiger partial charge in [-0.1, -0.05) is 12.1 Å². The van der Waals surface area contributed by atoms with Crippen molar-refractivity contribution in [2.24, 2.45) is 0 Å². The summed E-state index contributed by atoms with van der Waals surface area (Å²) in [6.45, 7) is 2.06. The highest BCUT2D eigenvalue weighted by Crippen LogP contribution is 2.13. The molecule has 0 bridgehead atoms. The number of nitrogens with one attached hydrogen (secondary N) is 1. The van der Waals surface area contributed by atoms with E-state index in [0.29, 0.717) is 16.9 Å². The van der Waals surface area contributed by atoms with Gasteiger partial charge in [0.2, 0.25) is 5.91 Å². The maximum absolute atomic E-state index is 12.6. The molecular weight excluding hydrogens is 296 g/mol. The zero-order chi connectivity index (χ0) is 17.0. The van der Waals surface area contributed by atoms with Gasteiger partial charge in [-0.15, -0.1) is 0 Å². The molecule has 0 aliphatic carbocycles. The second-order valence-electron chi connectivity index (χ2n) is 5.68. The molecule has 1 aromatic carbocycles. The van der Waals surface area contributed by atoms with E-state index in [9.17, 15) is 14.7 Å². The van der Waals surface area contributed by atoms with Gasteiger partial charge in [-0.25, -0.2) is 4.98 Å². The lowest BCUT2D eigenvalue weighted by Crippen LogP contribution is -2.33. The van der Waals surface area contributed by atoms with Crippen molar-refractivity contribution in [1.29, 1.82) is 0 Å². The summed E-state index contributed by atoms with van der Waals surface area (Å²) in [6, 6.07) is 7.35. The predicted molar refractivity (Wildman–Crippen MR) is 89.6 cm³/mol. The summed E-state index contributed by atoms with van der Waals surface area (Å²) in [6.07, 6.45) is -0.434. The number of aromatic nitrogens is 2. The molecule has 0 radical (unpaired) electrons. The summed E-state index contributed by atoms with van der Waals surface area (Å²) in [5.74, 6) is 0.137. The van der Waals surface area contributed by atoms with Gasteiger partial charge in [0.05, 0.1) is 17.1 Å². The zero-order valence-corrected chi connectivity index (χ0v) is 13.6. The average Bonchev–Trinajstić information content (AvgIpc) is 2.51. The molecule has 0 fully saturated rings. The number of amides is 1. The summed E-state index contributed by atoms with van der Waals surface area (Å²) in [7, 11) is 3.52. The van der Waals surface area contributed by atoms with Crippen molar-refractivity contribution >= 4 is 22.8 Å². The fourth-order valence-corrected chi connectivity index (χ4v) is 2.26. The topological polar surface area (TPSA) is 87.5 Å². The number of benzene rings is 1. The summed E-state index contributed by atoms with van der Waals surface area (Å²) >= 11 is 0. The van der Waals surface area contributed by atoms with Gasteiger partial charge in [0.1, 0.15) is 0 Å². The smallest absolute Gasteiger partial charge is 0.293 e. The maximum atomic E-state index is 12.6. The molecule has 0 saturated carbocycles. The number of carbonyl (C=O) groups is 1. The lowest BCUT2D eigenvalue weighted by molar-refractivity contribution is -0.121. The molecule has 1 aromatic heterocycles. The number of anilines is 1. The second-order valence-corrected chi connectivity index (χ2v) is 5.68. The first-order chi connectivity index (χ1) is 10.9. The Morgan fingerprint density at radius 3 is 2.74 bits per heavy atom. The van der Waals surface area contributed by atoms with Crippen molar-refractivity contribution in [3.05, 3.63) is 34.6 Å². The summed E-state index contributed by atoms with van der Waals surface area (Å²) in [5.41, 5.74) is 1.18. The summed E-state index contributed by atoms with van der Waals surface area (Å²) < 4.78 is 1.57. The van der Waals surface area contributed by atoms with E-state index in [0.717, 1.165) is 0 Å². The summed E-state index contributed by atoms with van der Waals surface area (Å²) in [4.78, 5) is 30.5. The van der Waals surface area contributed by atoms with Gasteiger partial charge in [-0.2, -0.15) is 0 Å². The number of hydrogen-bond acceptors (Lipinski definition) is 5. The fourth-order valence-electron chi connectivity index (χ4n) is 2.26. The Hall–Kier alpha value is -2.41. The maximum Gasteiger partial charge on any atom is 0.293 e. The van der Waals surface area contributed by atoms with E-state index < -0.39 is 6.10 Å². The third-order valence-electron chi connectivity index (χ3n) is 3.42. The Kier molecular flexibility index (Phi) is 5.33. The van der Waals surface area contributed by atoms with Crippen LogP contribution in [0, 0.1) is 0 Å². The highest BCUT2D eigenvalue weighted by Gasteiger charge is 2.13. The van der Waals surface area contributed by atoms with E-state index in [1.807, 2.05) is 24.3 Å². The van der Waals surface area contributed by atoms with Crippen LogP contribution in [0.2, 0.25) is 0 Å². The lowest BCUT2D eigenvalue weighted by Gasteiger charge is -2.16. The Bertz CT molecular complexity index is 753. The third kappa shape index (κ3) is 4.07. The van der Waals surface area contributed by atoms with Crippen LogP contribution in [0.4, 0.5) is 5.82 Å². The SMILES string of the molecule is CC(O)CNC(=O)CCn1c(=O)c(N(C)C)nc2ccccc21. The quantitative estimate of drug-likeness (QED) is 0.802. The van der Waals surface area contributed by atoms with Crippen molar-refractivity contribution in [1.82, 2.24) is 14.9 Å². The normalized spacial score (nSPS) is 12.2. The number of fused-ring (bicyclic) bond motifs is 1. The molecule has 7 nitrogen and oxygen atoms in total. The highest BCUT2D eigenvalue weighted by atomic mass is 16.3. The monoisotopic (exact) mass is 318 g/mol. The third-order valence-corrected chi connectivity index (χ3v) is 3.42. The van der Waals surface area contributed by atoms with Crippen molar-refractivity contribution in [3.8, 4) is 0 Å². The molecule has 1 atom stereocenters. The molecule has 1 amide bonds. The average molecular weight is 318 g/mol. The van der Waals surface area contributed by atoms with Crippen LogP contribution >= 0.6 is 0 Å². The minimum Gasteiger partial charge on any atom is -0.392 e. The molecule has 2 rings (SSSR count). The molecular formula is C16H22N4O3. The van der Waals surface area contributed by atoms with Gasteiger partial charge in [0.25, 0.3) is 5.56 Å². The first-order valence-corrected chi connectivity index (χ1v) is 7.52. The van der Waals surface area contributed by atoms with Crippen LogP contribution in [0.1, 0.15) is 13.3 Å². The number of aryl methyl sites for hydroxylation is 1. The van der Waals surface area contributed by atoms with Crippen LogP contribution < -0.4 is 15.8 Å². The standard InChI is InChI=1S/C16H22N4O3/c1-11(21)10-17-14(22)8-9-20-13-7-5-4-6-12(13)18-15(16(20)23)19(2)3/h4-7,11,21H,8-10H2,1-3H3,(H,17,22). The van der Waals surface area contributed by atoms with Gasteiger partial charge in [0, 0.05) is 33.6 Å². The number of nitrogens with zero attached hydrogens (tertiary/aromatic N) is 3. The Morgan fingerprint density at radius 2 is 2.09 bits per heavy atom. The van der Waals surface area contributed by atoms with Crippen LogP contribution in [0.5, 0.6) is 0 Å². The Labute approximate surface area is 134 Å². The molecule has 23 heavy (non-hydrogen) atoms. The van der Waals surface area contributed by atoms with Gasteiger partial charge in [0.15, 0.2) is 5.82 Å². The molecule has 2 aromatic rings. The fraction of sp³-hybridized carbons (Fsp3) is 0.438. The van der Waals surface area contributed by atoms with Crippen molar-refractivity contribution < 1.29 is 9.90 Å². The number of hydrogen-bond donors (Lipinski definition) is 2. The molecule has 1 heterocycles. The number of aliphatic hydroxyl groups excluding tert-OH is 1. The predicted octanol–water partition coefficient (Wildman–Crippen LogP) is 0.350. The molecule has 2 N–H and O–H groups in total. The summed E-state index contributed by atoms with van der Waals surface area (Å²) in [5, 5.41) is 11.8. The Morgan fingerprint density at radius 1 is 1.39 bits per heavy atom. The first-order valence-electron chi connectivity index (χ1n) is 7.52. The molecule has 0 spiro atoms. The van der Waals surface area contributed by atoms with E-state index in [1.165, 1.54) is 0 Å². The van der Waals surface area contributed by atoms with E-state index >= 15 is 0 Å². The minimum atomic E-state index is -0.594. The van der Waals surface area contributed by atoms with Gasteiger partial charge < -0.3 is 19.9 Å². The van der Waals surface area contributed by atoms with Crippen LogP contribution in [0.3, 0.4) is 0 Å². The molecule has 124 valence electrons. The molecule has 0 aliphatic heterocycles. The number of carbonyl (C=O) groups excluding carboxylic acids is 1. The van der Waals surface area contributed by atoms with Crippen molar-refractivity contribution in [2.75, 3.05) is 25.5 Å². The van der Waals surface area contributed by atoms with Gasteiger partial charge in [-0.05, 0) is 19.1 Å². The van der Waals surface area contributed by atoms with Crippen LogP contribution in [0.15, 0.2) is 29.1 Å². The van der Waals surface area contributed by atoms with Crippen LogP contribution in [0.25, 0.3) is 11.0 Å². The van der Waals surface area contributed by atoms with Gasteiger partial charge in [-0.3, -0.25) is 9.59 Å². The van der Waals surface area contributed by atoms with E-state index in [2.05, 4.69) is 10.3 Å². The second kappa shape index (κ2) is 7.23. The van der Waals surface area contributed by atoms with Crippen LogP contribution in [-0.4, -0.2) is 47.3 Å².